The van der Waals surface area contributed by atoms with Crippen molar-refractivity contribution in [3.05, 3.63) is 30.0 Å². The number of fused-ring (bicyclic) bond motifs is 1. The maximum atomic E-state index is 11.1. The van der Waals surface area contributed by atoms with Gasteiger partial charge < -0.3 is 0 Å². The van der Waals surface area contributed by atoms with Crippen LogP contribution in [-0.4, -0.2) is 16.0 Å². The number of nitrogens with zero attached hydrogens (tertiary/aromatic N) is 1. The predicted octanol–water partition coefficient (Wildman–Crippen LogP) is 1.77. The van der Waals surface area contributed by atoms with Gasteiger partial charge in [0.1, 0.15) is 0 Å². The predicted molar refractivity (Wildman–Crippen MR) is 46.1 cm³/mol. The SMILES string of the molecule is CC(=O)c1cccc2cn[nH]c12. The molecule has 1 N–H and O–H groups in total. The van der Waals surface area contributed by atoms with E-state index in [1.165, 1.54) is 0 Å². The van der Waals surface area contributed by atoms with E-state index in [0.717, 1.165) is 10.9 Å². The number of hydrogen-bond acceptors (Lipinski definition) is 2. The van der Waals surface area contributed by atoms with Crippen LogP contribution in [0.15, 0.2) is 24.4 Å². The van der Waals surface area contributed by atoms with E-state index in [2.05, 4.69) is 10.2 Å². The highest BCUT2D eigenvalue weighted by atomic mass is 16.1. The lowest BCUT2D eigenvalue weighted by Crippen LogP contribution is -1.92. The van der Waals surface area contributed by atoms with Crippen LogP contribution in [0.1, 0.15) is 17.3 Å². The van der Waals surface area contributed by atoms with E-state index in [4.69, 9.17) is 0 Å². The van der Waals surface area contributed by atoms with Gasteiger partial charge in [0.2, 0.25) is 0 Å². The zero-order valence-electron chi connectivity index (χ0n) is 6.66. The lowest BCUT2D eigenvalue weighted by atomic mass is 10.1. The Morgan fingerprint density at radius 2 is 2.33 bits per heavy atom. The maximum absolute atomic E-state index is 11.1. The zero-order valence-corrected chi connectivity index (χ0v) is 6.66. The molecule has 60 valence electrons. The van der Waals surface area contributed by atoms with Crippen molar-refractivity contribution in [2.24, 2.45) is 0 Å². The normalized spacial score (nSPS) is 10.4. The summed E-state index contributed by atoms with van der Waals surface area (Å²) in [5, 5.41) is 7.64. The minimum absolute atomic E-state index is 0.0600. The van der Waals surface area contributed by atoms with Crippen LogP contribution in [0.2, 0.25) is 0 Å². The first-order valence-corrected chi connectivity index (χ1v) is 3.72. The van der Waals surface area contributed by atoms with Crippen LogP contribution in [0.5, 0.6) is 0 Å². The lowest BCUT2D eigenvalue weighted by Gasteiger charge is -1.95. The van der Waals surface area contributed by atoms with E-state index < -0.39 is 0 Å². The van der Waals surface area contributed by atoms with Gasteiger partial charge in [-0.05, 0) is 13.0 Å². The Bertz CT molecular complexity index is 431. The number of ketones is 1. The highest BCUT2D eigenvalue weighted by molar-refractivity contribution is 6.05. The number of carbonyl (C=O) groups is 1. The first-order chi connectivity index (χ1) is 5.79. The average Bonchev–Trinajstić information content (AvgIpc) is 2.49. The third kappa shape index (κ3) is 0.906. The molecule has 0 saturated heterocycles. The molecular weight excluding hydrogens is 152 g/mol. The Hall–Kier alpha value is -1.64. The van der Waals surface area contributed by atoms with E-state index >= 15 is 0 Å². The van der Waals surface area contributed by atoms with Gasteiger partial charge in [-0.3, -0.25) is 9.89 Å². The van der Waals surface area contributed by atoms with Gasteiger partial charge in [-0.15, -0.1) is 0 Å². The van der Waals surface area contributed by atoms with E-state index in [-0.39, 0.29) is 5.78 Å². The Kier molecular flexibility index (Phi) is 1.43. The molecule has 0 atom stereocenters. The van der Waals surface area contributed by atoms with E-state index in [1.54, 1.807) is 19.2 Å². The highest BCUT2D eigenvalue weighted by Crippen LogP contribution is 2.15. The number of aromatic nitrogens is 2. The van der Waals surface area contributed by atoms with Crippen molar-refractivity contribution < 1.29 is 4.79 Å². The monoisotopic (exact) mass is 160 g/mol. The molecule has 12 heavy (non-hydrogen) atoms. The molecule has 0 fully saturated rings. The molecule has 0 bridgehead atoms. The summed E-state index contributed by atoms with van der Waals surface area (Å²) in [5.74, 6) is 0.0600. The number of Topliss-reactive ketones (excluding diaryl/α,β-unsaturated/α-hetero) is 1. The second kappa shape index (κ2) is 2.44. The largest absolute Gasteiger partial charge is 0.294 e. The van der Waals surface area contributed by atoms with Crippen LogP contribution in [0.3, 0.4) is 0 Å². The van der Waals surface area contributed by atoms with Gasteiger partial charge in [0, 0.05) is 10.9 Å². The molecule has 0 aliphatic heterocycles. The minimum Gasteiger partial charge on any atom is -0.294 e. The highest BCUT2D eigenvalue weighted by Gasteiger charge is 2.05. The Balaban J connectivity index is 2.82. The second-order valence-corrected chi connectivity index (χ2v) is 2.70. The molecule has 2 rings (SSSR count). The van der Waals surface area contributed by atoms with Crippen LogP contribution in [-0.2, 0) is 0 Å². The molecule has 0 aliphatic rings. The molecule has 0 spiro atoms. The van der Waals surface area contributed by atoms with Crippen molar-refractivity contribution in [3.63, 3.8) is 0 Å². The van der Waals surface area contributed by atoms with Gasteiger partial charge in [0.05, 0.1) is 11.7 Å². The van der Waals surface area contributed by atoms with Crippen molar-refractivity contribution in [1.29, 1.82) is 0 Å². The summed E-state index contributed by atoms with van der Waals surface area (Å²) in [5.41, 5.74) is 1.52. The molecule has 0 unspecified atom stereocenters. The summed E-state index contributed by atoms with van der Waals surface area (Å²) in [6.07, 6.45) is 1.71. The molecule has 0 amide bonds. The second-order valence-electron chi connectivity index (χ2n) is 2.70. The van der Waals surface area contributed by atoms with E-state index in [1.807, 2.05) is 12.1 Å². The Morgan fingerprint density at radius 1 is 1.50 bits per heavy atom. The number of rotatable bonds is 1. The molecular formula is C9H8N2O. The van der Waals surface area contributed by atoms with E-state index in [9.17, 15) is 4.79 Å². The smallest absolute Gasteiger partial charge is 0.161 e. The summed E-state index contributed by atoms with van der Waals surface area (Å²) in [4.78, 5) is 11.1. The summed E-state index contributed by atoms with van der Waals surface area (Å²) < 4.78 is 0. The molecule has 1 aromatic heterocycles. The number of carbonyl (C=O) groups excluding carboxylic acids is 1. The Morgan fingerprint density at radius 3 is 3.08 bits per heavy atom. The van der Waals surface area contributed by atoms with Gasteiger partial charge in [0.15, 0.2) is 5.78 Å². The van der Waals surface area contributed by atoms with Crippen molar-refractivity contribution in [2.75, 3.05) is 0 Å². The standard InChI is InChI=1S/C9H8N2O/c1-6(12)8-4-2-3-7-5-10-11-9(7)8/h2-5H,1H3,(H,10,11). The number of nitrogens with one attached hydrogen (secondary N) is 1. The van der Waals surface area contributed by atoms with Gasteiger partial charge >= 0.3 is 0 Å². The van der Waals surface area contributed by atoms with Crippen LogP contribution in [0, 0.1) is 0 Å². The first kappa shape index (κ1) is 7.03. The molecule has 0 aliphatic carbocycles. The van der Waals surface area contributed by atoms with Crippen LogP contribution >= 0.6 is 0 Å². The number of H-pyrrole nitrogens is 1. The number of aromatic amines is 1. The van der Waals surface area contributed by atoms with Crippen LogP contribution < -0.4 is 0 Å². The van der Waals surface area contributed by atoms with Gasteiger partial charge in [-0.25, -0.2) is 0 Å². The number of benzene rings is 1. The summed E-state index contributed by atoms with van der Waals surface area (Å²) in [6.45, 7) is 1.55. The van der Waals surface area contributed by atoms with Crippen molar-refractivity contribution >= 4 is 16.7 Å². The fourth-order valence-electron chi connectivity index (χ4n) is 1.26. The van der Waals surface area contributed by atoms with E-state index in [0.29, 0.717) is 5.56 Å². The first-order valence-electron chi connectivity index (χ1n) is 3.72. The lowest BCUT2D eigenvalue weighted by molar-refractivity contribution is 0.101. The molecule has 3 heteroatoms. The summed E-state index contributed by atoms with van der Waals surface area (Å²) >= 11 is 0. The third-order valence-corrected chi connectivity index (χ3v) is 1.86. The molecule has 1 aromatic carbocycles. The van der Waals surface area contributed by atoms with Gasteiger partial charge in [-0.1, -0.05) is 12.1 Å². The van der Waals surface area contributed by atoms with Crippen molar-refractivity contribution in [3.8, 4) is 0 Å². The summed E-state index contributed by atoms with van der Waals surface area (Å²) in [7, 11) is 0. The van der Waals surface area contributed by atoms with Gasteiger partial charge in [0.25, 0.3) is 0 Å². The van der Waals surface area contributed by atoms with Crippen LogP contribution in [0.25, 0.3) is 10.9 Å². The fraction of sp³-hybridized carbons (Fsp3) is 0.111. The molecule has 3 nitrogen and oxygen atoms in total. The minimum atomic E-state index is 0.0600. The number of para-hydroxylation sites is 1. The molecule has 0 radical (unpaired) electrons. The molecule has 2 aromatic rings. The van der Waals surface area contributed by atoms with Crippen molar-refractivity contribution in [2.45, 2.75) is 6.92 Å². The van der Waals surface area contributed by atoms with Crippen LogP contribution in [0.4, 0.5) is 0 Å². The Labute approximate surface area is 69.4 Å². The average molecular weight is 160 g/mol. The number of hydrogen-bond donors (Lipinski definition) is 1. The van der Waals surface area contributed by atoms with Gasteiger partial charge in [-0.2, -0.15) is 5.10 Å². The maximum Gasteiger partial charge on any atom is 0.161 e. The fourth-order valence-corrected chi connectivity index (χ4v) is 1.26. The third-order valence-electron chi connectivity index (χ3n) is 1.86. The van der Waals surface area contributed by atoms with Crippen molar-refractivity contribution in [1.82, 2.24) is 10.2 Å². The topological polar surface area (TPSA) is 45.8 Å². The quantitative estimate of drug-likeness (QED) is 0.646. The summed E-state index contributed by atoms with van der Waals surface area (Å²) in [6, 6.07) is 5.57. The molecule has 1 heterocycles. The zero-order chi connectivity index (χ0) is 8.55. The molecule has 0 saturated carbocycles.